The van der Waals surface area contributed by atoms with Gasteiger partial charge in [0.15, 0.2) is 17.2 Å². The number of nitrogens with one attached hydrogen (secondary N) is 3. The highest BCUT2D eigenvalue weighted by Gasteiger charge is 2.22. The van der Waals surface area contributed by atoms with Crippen molar-refractivity contribution < 1.29 is 59.2 Å². The quantitative estimate of drug-likeness (QED) is 0.0343. The normalized spacial score (nSPS) is 12.0. The molecular formula is C49H41I12N3O12. The van der Waals surface area contributed by atoms with Gasteiger partial charge in [0, 0.05) is 0 Å². The molecule has 0 saturated heterocycles. The molecule has 6 aromatic carbocycles. The Bertz CT molecular complexity index is 2830. The Labute approximate surface area is 602 Å². The number of ether oxygens (including phenoxy) is 3. The standard InChI is InChI=1S/C17H15I4NO4.2C16H13I4NO4/c1-2-22-14(17(24)25)5-8-3-12(20)16(13(21)4-8)26-9-6-10(18)15(23)11(19)7-9;2*1-21-13(16(23)24)4-7-2-11(19)15(12(20)3-7)25-8-5-9(17)14(22)10(18)6-8/h3-4,6-7,14,22-23H,2,5H2,1H3,(H,24,25);2*2-3,5-6,13,21-22H,4H2,1H3,(H,23,24). The van der Waals surface area contributed by atoms with Crippen LogP contribution in [0.2, 0.25) is 0 Å². The Morgan fingerprint density at radius 2 is 0.605 bits per heavy atom. The summed E-state index contributed by atoms with van der Waals surface area (Å²) in [5, 5.41) is 65.9. The van der Waals surface area contributed by atoms with Crippen LogP contribution in [0.4, 0.5) is 0 Å². The molecule has 408 valence electrons. The molecule has 0 aliphatic heterocycles. The topological polar surface area (TPSA) is 236 Å². The number of hydrogen-bond acceptors (Lipinski definition) is 12. The van der Waals surface area contributed by atoms with Gasteiger partial charge in [0.05, 0.1) is 42.8 Å². The lowest BCUT2D eigenvalue weighted by atomic mass is 10.1. The number of carbonyl (C=O) groups is 3. The number of hydrogen-bond donors (Lipinski definition) is 9. The molecule has 0 spiro atoms. The number of likely N-dealkylation sites (N-methyl/N-ethyl adjacent to an activating group) is 3. The van der Waals surface area contributed by atoms with Crippen LogP contribution in [-0.2, 0) is 33.6 Å². The van der Waals surface area contributed by atoms with E-state index in [9.17, 15) is 45.0 Å². The molecule has 27 heteroatoms. The third kappa shape index (κ3) is 21.0. The zero-order chi connectivity index (χ0) is 56.9. The van der Waals surface area contributed by atoms with Crippen molar-refractivity contribution in [2.24, 2.45) is 0 Å². The maximum absolute atomic E-state index is 11.4. The highest BCUT2D eigenvalue weighted by Crippen LogP contribution is 2.40. The first-order valence-electron chi connectivity index (χ1n) is 21.5. The number of aliphatic carboxylic acids is 3. The summed E-state index contributed by atoms with van der Waals surface area (Å²) >= 11 is 25.5. The lowest BCUT2D eigenvalue weighted by molar-refractivity contribution is -0.140. The van der Waals surface area contributed by atoms with E-state index in [4.69, 9.17) is 14.2 Å². The van der Waals surface area contributed by atoms with E-state index in [0.29, 0.717) is 43.1 Å². The van der Waals surface area contributed by atoms with Crippen molar-refractivity contribution in [2.45, 2.75) is 44.3 Å². The molecule has 0 aromatic heterocycles. The Balaban J connectivity index is 0.000000246. The van der Waals surface area contributed by atoms with Gasteiger partial charge >= 0.3 is 17.9 Å². The molecule has 6 aromatic rings. The number of rotatable bonds is 19. The van der Waals surface area contributed by atoms with Crippen LogP contribution in [0.25, 0.3) is 0 Å². The van der Waals surface area contributed by atoms with E-state index < -0.39 is 36.0 Å². The van der Waals surface area contributed by atoms with Gasteiger partial charge in [-0.2, -0.15) is 0 Å². The number of halogens is 12. The van der Waals surface area contributed by atoms with E-state index in [1.165, 1.54) is 0 Å². The molecule has 0 saturated carbocycles. The van der Waals surface area contributed by atoms with Crippen LogP contribution < -0.4 is 30.2 Å². The zero-order valence-corrected chi connectivity index (χ0v) is 65.0. The molecular weight excluding hydrogens is 2350 g/mol. The maximum Gasteiger partial charge on any atom is 0.321 e. The summed E-state index contributed by atoms with van der Waals surface area (Å²) in [5.74, 6) is 2.26. The van der Waals surface area contributed by atoms with Gasteiger partial charge in [-0.05, 0) is 400 Å². The predicted molar refractivity (Wildman–Crippen MR) is 394 cm³/mol. The van der Waals surface area contributed by atoms with Crippen molar-refractivity contribution in [1.29, 1.82) is 0 Å². The Hall–Kier alpha value is 1.17. The first-order chi connectivity index (χ1) is 35.7. The molecule has 3 unspecified atom stereocenters. The minimum Gasteiger partial charge on any atom is -0.506 e. The van der Waals surface area contributed by atoms with Crippen molar-refractivity contribution >= 4 is 289 Å². The summed E-state index contributed by atoms with van der Waals surface area (Å²) in [6, 6.07) is 20.4. The Kier molecular flexibility index (Phi) is 30.8. The van der Waals surface area contributed by atoms with Gasteiger partial charge in [0.1, 0.15) is 52.6 Å². The number of phenolic OH excluding ortho intramolecular Hbond substituents is 3. The summed E-state index contributed by atoms with van der Waals surface area (Å²) in [4.78, 5) is 33.7. The van der Waals surface area contributed by atoms with Crippen LogP contribution in [-0.4, -0.2) is 87.3 Å². The van der Waals surface area contributed by atoms with Crippen molar-refractivity contribution in [3.05, 3.63) is 132 Å². The minimum absolute atomic E-state index is 0.250. The number of carboxylic acids is 3. The molecule has 0 fully saturated rings. The third-order valence-electron chi connectivity index (χ3n) is 10.2. The van der Waals surface area contributed by atoms with Crippen molar-refractivity contribution in [3.8, 4) is 51.7 Å². The molecule has 0 aliphatic rings. The highest BCUT2D eigenvalue weighted by molar-refractivity contribution is 14.1. The molecule has 0 amide bonds. The number of phenols is 3. The van der Waals surface area contributed by atoms with Crippen LogP contribution in [0.1, 0.15) is 23.6 Å². The molecule has 0 heterocycles. The molecule has 6 rings (SSSR count). The summed E-state index contributed by atoms with van der Waals surface area (Å²) < 4.78 is 27.8. The first-order valence-corrected chi connectivity index (χ1v) is 34.4. The van der Waals surface area contributed by atoms with Gasteiger partial charge in [-0.3, -0.25) is 14.4 Å². The first kappa shape index (κ1) is 69.7. The van der Waals surface area contributed by atoms with Crippen LogP contribution in [0.3, 0.4) is 0 Å². The van der Waals surface area contributed by atoms with E-state index in [-0.39, 0.29) is 17.2 Å². The third-order valence-corrected chi connectivity index (χ3v) is 19.9. The van der Waals surface area contributed by atoms with E-state index >= 15 is 0 Å². The average Bonchev–Trinajstić information content (AvgIpc) is 3.33. The fourth-order valence-corrected chi connectivity index (χ4v) is 18.0. The Morgan fingerprint density at radius 3 is 0.789 bits per heavy atom. The lowest BCUT2D eigenvalue weighted by Gasteiger charge is -2.16. The summed E-state index contributed by atoms with van der Waals surface area (Å²) in [6.45, 7) is 2.49. The van der Waals surface area contributed by atoms with Crippen LogP contribution in [0.5, 0.6) is 51.7 Å². The SMILES string of the molecule is CCNC(Cc1cc(I)c(Oc2cc(I)c(O)c(I)c2)c(I)c1)C(=O)O.CNC(Cc1cc(I)c(Oc2cc(I)c(O)c(I)c2)c(I)c1)C(=O)O.CNC(Cc1cc(I)c(Oc2cc(I)c(O)c(I)c2)c(I)c1)C(=O)O. The van der Waals surface area contributed by atoms with Crippen LogP contribution in [0.15, 0.2) is 72.8 Å². The molecule has 15 nitrogen and oxygen atoms in total. The van der Waals surface area contributed by atoms with E-state index in [1.807, 2.05) is 43.3 Å². The Morgan fingerprint density at radius 1 is 0.395 bits per heavy atom. The van der Waals surface area contributed by atoms with Crippen LogP contribution in [0, 0.1) is 42.8 Å². The van der Waals surface area contributed by atoms with Gasteiger partial charge in [0.2, 0.25) is 0 Å². The largest absolute Gasteiger partial charge is 0.506 e. The van der Waals surface area contributed by atoms with Gasteiger partial charge in [-0.1, -0.05) is 6.92 Å². The minimum atomic E-state index is -0.874. The van der Waals surface area contributed by atoms with Crippen molar-refractivity contribution in [2.75, 3.05) is 20.6 Å². The van der Waals surface area contributed by atoms with Crippen molar-refractivity contribution in [1.82, 2.24) is 16.0 Å². The average molecular weight is 2390 g/mol. The van der Waals surface area contributed by atoms with E-state index in [0.717, 1.165) is 76.8 Å². The summed E-state index contributed by atoms with van der Waals surface area (Å²) in [6.07, 6.45) is 1.20. The van der Waals surface area contributed by atoms with E-state index in [1.54, 1.807) is 50.5 Å². The van der Waals surface area contributed by atoms with Crippen LogP contribution >= 0.6 is 271 Å². The molecule has 0 bridgehead atoms. The molecule has 9 N–H and O–H groups in total. The maximum atomic E-state index is 11.4. The molecule has 76 heavy (non-hydrogen) atoms. The van der Waals surface area contributed by atoms with Gasteiger partial charge in [-0.15, -0.1) is 0 Å². The number of benzene rings is 6. The second kappa shape index (κ2) is 33.6. The lowest BCUT2D eigenvalue weighted by Crippen LogP contribution is -2.38. The van der Waals surface area contributed by atoms with Crippen molar-refractivity contribution in [3.63, 3.8) is 0 Å². The summed E-state index contributed by atoms with van der Waals surface area (Å²) in [7, 11) is 3.28. The smallest absolute Gasteiger partial charge is 0.321 e. The predicted octanol–water partition coefficient (Wildman–Crippen LogP) is 14.8. The van der Waals surface area contributed by atoms with Gasteiger partial charge in [-0.25, -0.2) is 0 Å². The fourth-order valence-electron chi connectivity index (χ4n) is 6.47. The summed E-state index contributed by atoms with van der Waals surface area (Å²) in [5.41, 5.74) is 2.80. The monoisotopic (exact) mass is 2390 g/mol. The molecule has 0 radical (unpaired) electrons. The number of carboxylic acid groups (broad SMARTS) is 3. The molecule has 0 aliphatic carbocycles. The van der Waals surface area contributed by atoms with Gasteiger partial charge < -0.3 is 60.8 Å². The number of aromatic hydroxyl groups is 3. The second-order valence-electron chi connectivity index (χ2n) is 15.6. The second-order valence-corrected chi connectivity index (χ2v) is 29.5. The highest BCUT2D eigenvalue weighted by atomic mass is 127. The van der Waals surface area contributed by atoms with Gasteiger partial charge in [0.25, 0.3) is 0 Å². The zero-order valence-electron chi connectivity index (χ0n) is 39.2. The van der Waals surface area contributed by atoms with E-state index in [2.05, 4.69) is 287 Å². The molecule has 3 atom stereocenters. The fraction of sp³-hybridized carbons (Fsp3) is 0.204.